The first-order valence-corrected chi connectivity index (χ1v) is 7.94. The molecule has 2 aromatic carbocycles. The number of nitrogens with one attached hydrogen (secondary N) is 1. The van der Waals surface area contributed by atoms with Gasteiger partial charge in [-0.05, 0) is 37.6 Å². The Balaban J connectivity index is 1.74. The molecule has 0 aliphatic rings. The molecule has 0 saturated heterocycles. The molecule has 0 saturated carbocycles. The summed E-state index contributed by atoms with van der Waals surface area (Å²) in [5.41, 5.74) is 2.90. The van der Waals surface area contributed by atoms with Crippen LogP contribution in [0.15, 0.2) is 48.5 Å². The van der Waals surface area contributed by atoms with Gasteiger partial charge >= 0.3 is 0 Å². The first-order chi connectivity index (χ1) is 11.6. The molecule has 5 heteroatoms. The summed E-state index contributed by atoms with van der Waals surface area (Å²) in [4.78, 5) is 12.5. The minimum absolute atomic E-state index is 0.0638. The number of amides is 1. The van der Waals surface area contributed by atoms with Crippen molar-refractivity contribution in [3.8, 4) is 5.75 Å². The van der Waals surface area contributed by atoms with E-state index in [4.69, 9.17) is 4.74 Å². The molecule has 24 heavy (non-hydrogen) atoms. The predicted molar refractivity (Wildman–Crippen MR) is 94.0 cm³/mol. The van der Waals surface area contributed by atoms with Crippen LogP contribution in [0.25, 0.3) is 10.9 Å². The lowest BCUT2D eigenvalue weighted by molar-refractivity contribution is -0.124. The number of rotatable bonds is 5. The minimum atomic E-state index is -0.380. The highest BCUT2D eigenvalue weighted by Crippen LogP contribution is 2.21. The van der Waals surface area contributed by atoms with Crippen molar-refractivity contribution in [1.82, 2.24) is 15.1 Å². The quantitative estimate of drug-likeness (QED) is 0.784. The zero-order valence-electron chi connectivity index (χ0n) is 14.1. The Morgan fingerprint density at radius 2 is 2.04 bits per heavy atom. The summed E-state index contributed by atoms with van der Waals surface area (Å²) >= 11 is 0. The second kappa shape index (κ2) is 6.74. The van der Waals surface area contributed by atoms with Crippen molar-refractivity contribution in [2.24, 2.45) is 0 Å². The molecule has 1 atom stereocenters. The number of para-hydroxylation sites is 1. The van der Waals surface area contributed by atoms with E-state index in [9.17, 15) is 4.79 Å². The Morgan fingerprint density at radius 1 is 1.25 bits per heavy atom. The molecular formula is C19H21N3O2. The van der Waals surface area contributed by atoms with E-state index in [1.54, 1.807) is 11.8 Å². The number of aromatic nitrogens is 2. The average Bonchev–Trinajstić information content (AvgIpc) is 2.96. The molecule has 3 rings (SSSR count). The van der Waals surface area contributed by atoms with Crippen LogP contribution in [0.3, 0.4) is 0 Å². The Hall–Kier alpha value is -2.82. The maximum Gasteiger partial charge on any atom is 0.244 e. The van der Waals surface area contributed by atoms with Crippen molar-refractivity contribution in [1.29, 1.82) is 0 Å². The average molecular weight is 323 g/mol. The normalized spacial score (nSPS) is 12.1. The number of carbonyl (C=O) groups excluding carboxylic acids is 1. The summed E-state index contributed by atoms with van der Waals surface area (Å²) in [6, 6.07) is 15.2. The smallest absolute Gasteiger partial charge is 0.244 e. The van der Waals surface area contributed by atoms with Crippen LogP contribution in [0.4, 0.5) is 0 Å². The van der Waals surface area contributed by atoms with Gasteiger partial charge in [0, 0.05) is 11.9 Å². The zero-order chi connectivity index (χ0) is 17.1. The van der Waals surface area contributed by atoms with Crippen LogP contribution in [-0.4, -0.2) is 22.8 Å². The summed E-state index contributed by atoms with van der Waals surface area (Å²) in [6.07, 6.45) is 0. The Morgan fingerprint density at radius 3 is 2.83 bits per heavy atom. The van der Waals surface area contributed by atoms with E-state index in [2.05, 4.69) is 10.4 Å². The fraction of sp³-hybridized carbons (Fsp3) is 0.263. The maximum absolute atomic E-state index is 12.5. The first kappa shape index (κ1) is 16.1. The van der Waals surface area contributed by atoms with Gasteiger partial charge in [-0.1, -0.05) is 30.3 Å². The molecule has 0 bridgehead atoms. The number of ether oxygens (including phenoxy) is 1. The molecule has 5 nitrogen and oxygen atoms in total. The van der Waals surface area contributed by atoms with E-state index in [1.165, 1.54) is 0 Å². The SMILES string of the molecule is COc1cccc(CNC(=O)[C@H](C)n2nc(C)c3ccccc32)c1. The van der Waals surface area contributed by atoms with Crippen molar-refractivity contribution in [3.05, 3.63) is 59.8 Å². The van der Waals surface area contributed by atoms with Crippen LogP contribution in [-0.2, 0) is 11.3 Å². The van der Waals surface area contributed by atoms with Crippen LogP contribution in [0, 0.1) is 6.92 Å². The van der Waals surface area contributed by atoms with Crippen LogP contribution < -0.4 is 10.1 Å². The summed E-state index contributed by atoms with van der Waals surface area (Å²) in [5.74, 6) is 0.717. The number of hydrogen-bond acceptors (Lipinski definition) is 3. The lowest BCUT2D eigenvalue weighted by atomic mass is 10.2. The maximum atomic E-state index is 12.5. The Labute approximate surface area is 141 Å². The fourth-order valence-corrected chi connectivity index (χ4v) is 2.77. The number of hydrogen-bond donors (Lipinski definition) is 1. The topological polar surface area (TPSA) is 56.1 Å². The van der Waals surface area contributed by atoms with Crippen LogP contribution in [0.5, 0.6) is 5.75 Å². The number of methoxy groups -OCH3 is 1. The van der Waals surface area contributed by atoms with E-state index in [0.29, 0.717) is 6.54 Å². The van der Waals surface area contributed by atoms with E-state index in [1.807, 2.05) is 62.4 Å². The molecule has 1 heterocycles. The molecule has 124 valence electrons. The molecule has 0 aliphatic heterocycles. The molecule has 3 aromatic rings. The molecule has 0 spiro atoms. The molecular weight excluding hydrogens is 302 g/mol. The second-order valence-corrected chi connectivity index (χ2v) is 5.79. The monoisotopic (exact) mass is 323 g/mol. The van der Waals surface area contributed by atoms with Gasteiger partial charge in [0.15, 0.2) is 0 Å². The number of nitrogens with zero attached hydrogens (tertiary/aromatic N) is 2. The van der Waals surface area contributed by atoms with Crippen LogP contribution in [0.2, 0.25) is 0 Å². The molecule has 1 N–H and O–H groups in total. The van der Waals surface area contributed by atoms with E-state index < -0.39 is 0 Å². The van der Waals surface area contributed by atoms with Gasteiger partial charge in [0.25, 0.3) is 0 Å². The molecule has 0 fully saturated rings. The van der Waals surface area contributed by atoms with E-state index >= 15 is 0 Å². The lowest BCUT2D eigenvalue weighted by Gasteiger charge is -2.14. The number of carbonyl (C=O) groups is 1. The Bertz CT molecular complexity index is 870. The van der Waals surface area contributed by atoms with Gasteiger partial charge in [0.2, 0.25) is 5.91 Å². The zero-order valence-corrected chi connectivity index (χ0v) is 14.1. The lowest BCUT2D eigenvalue weighted by Crippen LogP contribution is -2.31. The summed E-state index contributed by atoms with van der Waals surface area (Å²) in [7, 11) is 1.63. The molecule has 1 amide bonds. The highest BCUT2D eigenvalue weighted by atomic mass is 16.5. The third kappa shape index (κ3) is 3.11. The van der Waals surface area contributed by atoms with Crippen molar-refractivity contribution in [3.63, 3.8) is 0 Å². The standard InChI is InChI=1S/C19H21N3O2/c1-13-17-9-4-5-10-18(17)22(21-13)14(2)19(23)20-12-15-7-6-8-16(11-15)24-3/h4-11,14H,12H2,1-3H3,(H,20,23)/t14-/m0/s1. The summed E-state index contributed by atoms with van der Waals surface area (Å²) < 4.78 is 6.99. The third-order valence-corrected chi connectivity index (χ3v) is 4.15. The third-order valence-electron chi connectivity index (χ3n) is 4.15. The van der Waals surface area contributed by atoms with Crippen molar-refractivity contribution in [2.45, 2.75) is 26.4 Å². The Kier molecular flexibility index (Phi) is 4.51. The van der Waals surface area contributed by atoms with Gasteiger partial charge in [0.05, 0.1) is 18.3 Å². The molecule has 0 aliphatic carbocycles. The van der Waals surface area contributed by atoms with Crippen molar-refractivity contribution >= 4 is 16.8 Å². The highest BCUT2D eigenvalue weighted by molar-refractivity contribution is 5.86. The van der Waals surface area contributed by atoms with Gasteiger partial charge in [-0.3, -0.25) is 9.48 Å². The molecule has 0 unspecified atom stereocenters. The number of benzene rings is 2. The van der Waals surface area contributed by atoms with Gasteiger partial charge in [0.1, 0.15) is 11.8 Å². The van der Waals surface area contributed by atoms with E-state index in [0.717, 1.165) is 27.9 Å². The number of fused-ring (bicyclic) bond motifs is 1. The second-order valence-electron chi connectivity index (χ2n) is 5.79. The van der Waals surface area contributed by atoms with Gasteiger partial charge in [-0.15, -0.1) is 0 Å². The summed E-state index contributed by atoms with van der Waals surface area (Å²) in [6.45, 7) is 4.28. The van der Waals surface area contributed by atoms with E-state index in [-0.39, 0.29) is 11.9 Å². The highest BCUT2D eigenvalue weighted by Gasteiger charge is 2.18. The van der Waals surface area contributed by atoms with Gasteiger partial charge in [-0.2, -0.15) is 5.10 Å². The van der Waals surface area contributed by atoms with Gasteiger partial charge in [-0.25, -0.2) is 0 Å². The number of aryl methyl sites for hydroxylation is 1. The predicted octanol–water partition coefficient (Wildman–Crippen LogP) is 3.23. The molecule has 0 radical (unpaired) electrons. The summed E-state index contributed by atoms with van der Waals surface area (Å²) in [5, 5.41) is 8.57. The van der Waals surface area contributed by atoms with Gasteiger partial charge < -0.3 is 10.1 Å². The van der Waals surface area contributed by atoms with Crippen LogP contribution >= 0.6 is 0 Å². The molecule has 1 aromatic heterocycles. The largest absolute Gasteiger partial charge is 0.497 e. The van der Waals surface area contributed by atoms with Crippen molar-refractivity contribution < 1.29 is 9.53 Å². The fourth-order valence-electron chi connectivity index (χ4n) is 2.77. The van der Waals surface area contributed by atoms with Crippen molar-refractivity contribution in [2.75, 3.05) is 7.11 Å². The first-order valence-electron chi connectivity index (χ1n) is 7.94. The minimum Gasteiger partial charge on any atom is -0.497 e. The van der Waals surface area contributed by atoms with Crippen LogP contribution in [0.1, 0.15) is 24.2 Å².